The first kappa shape index (κ1) is 16.4. The lowest BCUT2D eigenvalue weighted by Crippen LogP contribution is -2.46. The van der Waals surface area contributed by atoms with E-state index < -0.39 is 23.7 Å². The van der Waals surface area contributed by atoms with Gasteiger partial charge in [0.25, 0.3) is 5.91 Å². The second-order valence-electron chi connectivity index (χ2n) is 4.49. The molecule has 1 unspecified atom stereocenters. The molecule has 0 aliphatic rings. The van der Waals surface area contributed by atoms with Crippen molar-refractivity contribution >= 4 is 27.8 Å². The molecule has 0 saturated carbocycles. The molecular formula is C13H15BrFNO4. The molecule has 1 aromatic carbocycles. The normalized spacial score (nSPS) is 12.1. The summed E-state index contributed by atoms with van der Waals surface area (Å²) in [6.07, 6.45) is 0. The van der Waals surface area contributed by atoms with Gasteiger partial charge in [-0.2, -0.15) is 0 Å². The van der Waals surface area contributed by atoms with Gasteiger partial charge in [-0.3, -0.25) is 4.79 Å². The summed E-state index contributed by atoms with van der Waals surface area (Å²) in [6.45, 7) is 3.04. The topological polar surface area (TPSA) is 75.6 Å². The van der Waals surface area contributed by atoms with Gasteiger partial charge in [0, 0.05) is 0 Å². The summed E-state index contributed by atoms with van der Waals surface area (Å²) in [4.78, 5) is 22.6. The quantitative estimate of drug-likeness (QED) is 0.826. The minimum atomic E-state index is -1.10. The number of benzene rings is 1. The number of carbonyl (C=O) groups excluding carboxylic acids is 1. The molecule has 0 saturated heterocycles. The summed E-state index contributed by atoms with van der Waals surface area (Å²) < 4.78 is 18.4. The van der Waals surface area contributed by atoms with Gasteiger partial charge in [0.05, 0.1) is 4.47 Å². The Morgan fingerprint density at radius 2 is 2.10 bits per heavy atom. The van der Waals surface area contributed by atoms with E-state index in [0.29, 0.717) is 10.2 Å². The van der Waals surface area contributed by atoms with Crippen LogP contribution in [0.1, 0.15) is 13.8 Å². The van der Waals surface area contributed by atoms with Crippen molar-refractivity contribution in [1.82, 2.24) is 5.32 Å². The first-order chi connectivity index (χ1) is 9.31. The molecule has 0 radical (unpaired) electrons. The second kappa shape index (κ2) is 7.23. The van der Waals surface area contributed by atoms with Crippen molar-refractivity contribution in [1.29, 1.82) is 0 Å². The van der Waals surface area contributed by atoms with Crippen LogP contribution in [0.15, 0.2) is 22.7 Å². The third kappa shape index (κ3) is 4.80. The number of carboxylic acids is 1. The van der Waals surface area contributed by atoms with Crippen LogP contribution in [0.25, 0.3) is 0 Å². The third-order valence-electron chi connectivity index (χ3n) is 2.50. The fourth-order valence-corrected chi connectivity index (χ4v) is 1.93. The molecule has 0 heterocycles. The molecule has 110 valence electrons. The Bertz CT molecular complexity index is 507. The van der Waals surface area contributed by atoms with Crippen molar-refractivity contribution in [3.05, 3.63) is 28.5 Å². The number of rotatable bonds is 6. The molecule has 2 N–H and O–H groups in total. The lowest BCUT2D eigenvalue weighted by atomic mass is 10.1. The third-order valence-corrected chi connectivity index (χ3v) is 3.12. The van der Waals surface area contributed by atoms with Crippen LogP contribution in [-0.4, -0.2) is 29.6 Å². The Morgan fingerprint density at radius 3 is 2.60 bits per heavy atom. The smallest absolute Gasteiger partial charge is 0.326 e. The maximum absolute atomic E-state index is 12.9. The molecule has 1 aromatic rings. The van der Waals surface area contributed by atoms with Gasteiger partial charge in [0.15, 0.2) is 6.61 Å². The summed E-state index contributed by atoms with van der Waals surface area (Å²) in [5, 5.41) is 11.3. The van der Waals surface area contributed by atoms with Crippen molar-refractivity contribution in [3.8, 4) is 5.75 Å². The molecule has 7 heteroatoms. The second-order valence-corrected chi connectivity index (χ2v) is 5.35. The SMILES string of the molecule is CC(C)C(NC(=O)COc1ccc(F)cc1Br)C(=O)O. The summed E-state index contributed by atoms with van der Waals surface area (Å²) in [5.74, 6) is -2.02. The summed E-state index contributed by atoms with van der Waals surface area (Å²) in [6, 6.07) is 2.82. The van der Waals surface area contributed by atoms with E-state index in [1.54, 1.807) is 13.8 Å². The fraction of sp³-hybridized carbons (Fsp3) is 0.385. The van der Waals surface area contributed by atoms with E-state index >= 15 is 0 Å². The van der Waals surface area contributed by atoms with Gasteiger partial charge in [0.1, 0.15) is 17.6 Å². The highest BCUT2D eigenvalue weighted by atomic mass is 79.9. The average Bonchev–Trinajstić information content (AvgIpc) is 2.34. The summed E-state index contributed by atoms with van der Waals surface area (Å²) in [7, 11) is 0. The predicted molar refractivity (Wildman–Crippen MR) is 74.0 cm³/mol. The first-order valence-corrected chi connectivity index (χ1v) is 6.70. The van der Waals surface area contributed by atoms with E-state index in [4.69, 9.17) is 9.84 Å². The van der Waals surface area contributed by atoms with E-state index in [9.17, 15) is 14.0 Å². The van der Waals surface area contributed by atoms with Crippen LogP contribution in [0.5, 0.6) is 5.75 Å². The maximum atomic E-state index is 12.9. The molecule has 0 aromatic heterocycles. The van der Waals surface area contributed by atoms with E-state index in [1.807, 2.05) is 0 Å². The van der Waals surface area contributed by atoms with E-state index in [-0.39, 0.29) is 12.5 Å². The van der Waals surface area contributed by atoms with Gasteiger partial charge < -0.3 is 15.2 Å². The predicted octanol–water partition coefficient (Wildman–Crippen LogP) is 2.19. The molecule has 0 aliphatic carbocycles. The van der Waals surface area contributed by atoms with Crippen LogP contribution >= 0.6 is 15.9 Å². The van der Waals surface area contributed by atoms with Crippen LogP contribution in [0.2, 0.25) is 0 Å². The number of aliphatic carboxylic acids is 1. The fourth-order valence-electron chi connectivity index (χ4n) is 1.46. The van der Waals surface area contributed by atoms with E-state index in [1.165, 1.54) is 18.2 Å². The lowest BCUT2D eigenvalue weighted by Gasteiger charge is -2.18. The zero-order chi connectivity index (χ0) is 15.3. The highest BCUT2D eigenvalue weighted by molar-refractivity contribution is 9.10. The van der Waals surface area contributed by atoms with Crippen molar-refractivity contribution in [2.24, 2.45) is 5.92 Å². The summed E-state index contributed by atoms with van der Waals surface area (Å²) in [5.41, 5.74) is 0. The maximum Gasteiger partial charge on any atom is 0.326 e. The number of halogens is 2. The largest absolute Gasteiger partial charge is 0.483 e. The number of hydrogen-bond acceptors (Lipinski definition) is 3. The Hall–Kier alpha value is -1.63. The zero-order valence-electron chi connectivity index (χ0n) is 11.0. The van der Waals surface area contributed by atoms with Gasteiger partial charge in [0.2, 0.25) is 0 Å². The average molecular weight is 348 g/mol. The minimum absolute atomic E-state index is 0.242. The van der Waals surface area contributed by atoms with Crippen LogP contribution in [0.4, 0.5) is 4.39 Å². The van der Waals surface area contributed by atoms with Crippen LogP contribution in [-0.2, 0) is 9.59 Å². The molecule has 1 atom stereocenters. The monoisotopic (exact) mass is 347 g/mol. The number of carboxylic acid groups (broad SMARTS) is 1. The minimum Gasteiger partial charge on any atom is -0.483 e. The van der Waals surface area contributed by atoms with Gasteiger partial charge in [-0.25, -0.2) is 9.18 Å². The molecule has 0 aliphatic heterocycles. The van der Waals surface area contributed by atoms with Crippen molar-refractivity contribution < 1.29 is 23.8 Å². The molecule has 0 bridgehead atoms. The van der Waals surface area contributed by atoms with Crippen molar-refractivity contribution in [2.45, 2.75) is 19.9 Å². The van der Waals surface area contributed by atoms with Gasteiger partial charge in [-0.05, 0) is 40.0 Å². The molecule has 0 spiro atoms. The zero-order valence-corrected chi connectivity index (χ0v) is 12.6. The Balaban J connectivity index is 2.57. The van der Waals surface area contributed by atoms with Crippen LogP contribution in [0, 0.1) is 11.7 Å². The number of amides is 1. The Morgan fingerprint density at radius 1 is 1.45 bits per heavy atom. The number of hydrogen-bond donors (Lipinski definition) is 2. The highest BCUT2D eigenvalue weighted by Gasteiger charge is 2.23. The number of nitrogens with one attached hydrogen (secondary N) is 1. The molecule has 1 rings (SSSR count). The van der Waals surface area contributed by atoms with Gasteiger partial charge >= 0.3 is 5.97 Å². The van der Waals surface area contributed by atoms with Crippen molar-refractivity contribution in [2.75, 3.05) is 6.61 Å². The van der Waals surface area contributed by atoms with Gasteiger partial charge in [-0.15, -0.1) is 0 Å². The van der Waals surface area contributed by atoms with Crippen molar-refractivity contribution in [3.63, 3.8) is 0 Å². The lowest BCUT2D eigenvalue weighted by molar-refractivity contribution is -0.143. The number of ether oxygens (including phenoxy) is 1. The van der Waals surface area contributed by atoms with E-state index in [0.717, 1.165) is 0 Å². The molecule has 5 nitrogen and oxygen atoms in total. The molecule has 0 fully saturated rings. The molecule has 20 heavy (non-hydrogen) atoms. The summed E-state index contributed by atoms with van der Waals surface area (Å²) >= 11 is 3.10. The van der Waals surface area contributed by atoms with E-state index in [2.05, 4.69) is 21.2 Å². The standard InChI is InChI=1S/C13H15BrFNO4/c1-7(2)12(13(18)19)16-11(17)6-20-10-4-3-8(15)5-9(10)14/h3-5,7,12H,6H2,1-2H3,(H,16,17)(H,18,19). The Kier molecular flexibility index (Phi) is 5.94. The van der Waals surface area contributed by atoms with Crippen LogP contribution < -0.4 is 10.1 Å². The van der Waals surface area contributed by atoms with Gasteiger partial charge in [-0.1, -0.05) is 13.8 Å². The number of carbonyl (C=O) groups is 2. The first-order valence-electron chi connectivity index (χ1n) is 5.91. The Labute approximate surface area is 124 Å². The molecular weight excluding hydrogens is 333 g/mol. The highest BCUT2D eigenvalue weighted by Crippen LogP contribution is 2.25. The molecule has 1 amide bonds. The van der Waals surface area contributed by atoms with Crippen LogP contribution in [0.3, 0.4) is 0 Å².